The van der Waals surface area contributed by atoms with Crippen LogP contribution in [0.1, 0.15) is 11.1 Å². The molecule has 2 aromatic rings. The molecule has 0 aliphatic rings. The van der Waals surface area contributed by atoms with Gasteiger partial charge in [0.1, 0.15) is 11.5 Å². The molecule has 5 nitrogen and oxygen atoms in total. The van der Waals surface area contributed by atoms with Crippen molar-refractivity contribution < 1.29 is 9.84 Å². The van der Waals surface area contributed by atoms with E-state index in [2.05, 4.69) is 15.5 Å². The van der Waals surface area contributed by atoms with Crippen molar-refractivity contribution in [1.29, 1.82) is 0 Å². The minimum absolute atomic E-state index is 0.269. The first-order valence-corrected chi connectivity index (χ1v) is 5.34. The molecule has 0 aliphatic carbocycles. The van der Waals surface area contributed by atoms with E-state index in [0.717, 1.165) is 16.9 Å². The third-order valence-electron chi connectivity index (χ3n) is 2.49. The second-order valence-electron chi connectivity index (χ2n) is 3.70. The van der Waals surface area contributed by atoms with Gasteiger partial charge in [0.15, 0.2) is 0 Å². The predicted molar refractivity (Wildman–Crippen MR) is 63.8 cm³/mol. The van der Waals surface area contributed by atoms with Gasteiger partial charge < -0.3 is 15.2 Å². The summed E-state index contributed by atoms with van der Waals surface area (Å²) >= 11 is 0. The van der Waals surface area contributed by atoms with Gasteiger partial charge in [-0.15, -0.1) is 0 Å². The number of ether oxygens (including phenoxy) is 1. The van der Waals surface area contributed by atoms with Gasteiger partial charge in [-0.1, -0.05) is 0 Å². The van der Waals surface area contributed by atoms with Crippen LogP contribution < -0.4 is 10.1 Å². The van der Waals surface area contributed by atoms with Crippen molar-refractivity contribution >= 4 is 0 Å². The second kappa shape index (κ2) is 5.36. The molecule has 0 spiro atoms. The van der Waals surface area contributed by atoms with Crippen LogP contribution in [0.4, 0.5) is 0 Å². The molecule has 1 aromatic carbocycles. The number of benzene rings is 1. The Kier molecular flexibility index (Phi) is 3.62. The summed E-state index contributed by atoms with van der Waals surface area (Å²) in [6, 6.07) is 5.18. The molecular formula is C12H15N3O2. The van der Waals surface area contributed by atoms with Gasteiger partial charge in [0.2, 0.25) is 0 Å². The van der Waals surface area contributed by atoms with Crippen LogP contribution in [-0.4, -0.2) is 22.4 Å². The Balaban J connectivity index is 1.94. The van der Waals surface area contributed by atoms with Gasteiger partial charge in [-0.25, -0.2) is 0 Å². The van der Waals surface area contributed by atoms with Crippen molar-refractivity contribution in [3.63, 3.8) is 0 Å². The van der Waals surface area contributed by atoms with Crippen LogP contribution in [0.15, 0.2) is 30.6 Å². The van der Waals surface area contributed by atoms with E-state index in [0.29, 0.717) is 13.1 Å². The molecule has 17 heavy (non-hydrogen) atoms. The summed E-state index contributed by atoms with van der Waals surface area (Å²) in [6.45, 7) is 1.28. The summed E-state index contributed by atoms with van der Waals surface area (Å²) in [7, 11) is 1.61. The fraction of sp³-hybridized carbons (Fsp3) is 0.250. The van der Waals surface area contributed by atoms with Gasteiger partial charge in [0.05, 0.1) is 13.3 Å². The lowest BCUT2D eigenvalue weighted by Gasteiger charge is -2.08. The Labute approximate surface area is 99.4 Å². The number of aromatic hydroxyl groups is 1. The van der Waals surface area contributed by atoms with Crippen LogP contribution in [0.25, 0.3) is 0 Å². The third-order valence-corrected chi connectivity index (χ3v) is 2.49. The molecule has 0 aliphatic heterocycles. The first-order valence-electron chi connectivity index (χ1n) is 5.34. The predicted octanol–water partition coefficient (Wildman–Crippen LogP) is 1.41. The van der Waals surface area contributed by atoms with E-state index in [1.807, 2.05) is 12.3 Å². The first kappa shape index (κ1) is 11.5. The molecular weight excluding hydrogens is 218 g/mol. The summed E-state index contributed by atoms with van der Waals surface area (Å²) in [6.07, 6.45) is 3.59. The number of phenolic OH excluding ortho intramolecular Hbond substituents is 1. The Bertz CT molecular complexity index is 469. The molecule has 0 saturated carbocycles. The molecule has 1 aromatic heterocycles. The Morgan fingerprint density at radius 1 is 1.41 bits per heavy atom. The summed E-state index contributed by atoms with van der Waals surface area (Å²) in [5.41, 5.74) is 1.89. The van der Waals surface area contributed by atoms with Gasteiger partial charge in [-0.2, -0.15) is 5.10 Å². The fourth-order valence-electron chi connectivity index (χ4n) is 1.55. The van der Waals surface area contributed by atoms with E-state index in [1.54, 1.807) is 25.4 Å². The zero-order valence-corrected chi connectivity index (χ0v) is 9.60. The zero-order chi connectivity index (χ0) is 12.1. The van der Waals surface area contributed by atoms with Crippen LogP contribution in [0.3, 0.4) is 0 Å². The fourth-order valence-corrected chi connectivity index (χ4v) is 1.55. The highest BCUT2D eigenvalue weighted by Gasteiger charge is 2.03. The average molecular weight is 233 g/mol. The minimum Gasteiger partial charge on any atom is -0.508 e. The monoisotopic (exact) mass is 233 g/mol. The van der Waals surface area contributed by atoms with Crippen molar-refractivity contribution in [3.05, 3.63) is 41.7 Å². The topological polar surface area (TPSA) is 70.2 Å². The normalized spacial score (nSPS) is 10.4. The second-order valence-corrected chi connectivity index (χ2v) is 3.70. The lowest BCUT2D eigenvalue weighted by Crippen LogP contribution is -2.12. The standard InChI is InChI=1S/C12H15N3O2/c1-17-11-2-3-12(16)10(4-11)8-13-5-9-6-14-15-7-9/h2-4,6-7,13,16H,5,8H2,1H3,(H,14,15). The van der Waals surface area contributed by atoms with Crippen molar-refractivity contribution in [2.75, 3.05) is 7.11 Å². The van der Waals surface area contributed by atoms with Gasteiger partial charge in [0.25, 0.3) is 0 Å². The van der Waals surface area contributed by atoms with Gasteiger partial charge in [-0.3, -0.25) is 5.10 Å². The molecule has 5 heteroatoms. The largest absolute Gasteiger partial charge is 0.508 e. The molecule has 0 atom stereocenters. The highest BCUT2D eigenvalue weighted by molar-refractivity contribution is 5.39. The van der Waals surface area contributed by atoms with Crippen molar-refractivity contribution in [1.82, 2.24) is 15.5 Å². The number of nitrogens with zero attached hydrogens (tertiary/aromatic N) is 1. The van der Waals surface area contributed by atoms with Gasteiger partial charge in [-0.05, 0) is 18.2 Å². The maximum absolute atomic E-state index is 9.67. The molecule has 0 fully saturated rings. The van der Waals surface area contributed by atoms with Crippen molar-refractivity contribution in [2.45, 2.75) is 13.1 Å². The van der Waals surface area contributed by atoms with E-state index in [-0.39, 0.29) is 5.75 Å². The number of hydrogen-bond acceptors (Lipinski definition) is 4. The highest BCUT2D eigenvalue weighted by Crippen LogP contribution is 2.22. The molecule has 3 N–H and O–H groups in total. The van der Waals surface area contributed by atoms with Crippen LogP contribution in [0, 0.1) is 0 Å². The Morgan fingerprint density at radius 2 is 2.29 bits per heavy atom. The summed E-state index contributed by atoms with van der Waals surface area (Å²) in [4.78, 5) is 0. The number of aromatic amines is 1. The number of phenols is 1. The summed E-state index contributed by atoms with van der Waals surface area (Å²) in [5, 5.41) is 19.5. The SMILES string of the molecule is COc1ccc(O)c(CNCc2cn[nH]c2)c1. The van der Waals surface area contributed by atoms with Gasteiger partial charge in [0, 0.05) is 30.4 Å². The molecule has 2 rings (SSSR count). The smallest absolute Gasteiger partial charge is 0.120 e. The number of hydrogen-bond donors (Lipinski definition) is 3. The Hall–Kier alpha value is -2.01. The molecule has 0 unspecified atom stereocenters. The highest BCUT2D eigenvalue weighted by atomic mass is 16.5. The lowest BCUT2D eigenvalue weighted by molar-refractivity contribution is 0.410. The molecule has 90 valence electrons. The number of aromatic nitrogens is 2. The maximum atomic E-state index is 9.67. The van der Waals surface area contributed by atoms with Gasteiger partial charge >= 0.3 is 0 Å². The number of H-pyrrole nitrogens is 1. The van der Waals surface area contributed by atoms with E-state index in [9.17, 15) is 5.11 Å². The summed E-state index contributed by atoms with van der Waals surface area (Å²) < 4.78 is 5.11. The van der Waals surface area contributed by atoms with Crippen LogP contribution in [-0.2, 0) is 13.1 Å². The number of methoxy groups -OCH3 is 1. The summed E-state index contributed by atoms with van der Waals surface area (Å²) in [5.74, 6) is 1.01. The van der Waals surface area contributed by atoms with E-state index >= 15 is 0 Å². The lowest BCUT2D eigenvalue weighted by atomic mass is 10.2. The van der Waals surface area contributed by atoms with E-state index < -0.39 is 0 Å². The molecule has 0 saturated heterocycles. The van der Waals surface area contributed by atoms with E-state index in [4.69, 9.17) is 4.74 Å². The minimum atomic E-state index is 0.269. The first-order chi connectivity index (χ1) is 8.29. The molecule has 1 heterocycles. The molecule has 0 bridgehead atoms. The number of nitrogens with one attached hydrogen (secondary N) is 2. The molecule has 0 amide bonds. The average Bonchev–Trinajstić information content (AvgIpc) is 2.84. The van der Waals surface area contributed by atoms with Crippen LogP contribution in [0.2, 0.25) is 0 Å². The van der Waals surface area contributed by atoms with Crippen molar-refractivity contribution in [2.24, 2.45) is 0 Å². The maximum Gasteiger partial charge on any atom is 0.120 e. The zero-order valence-electron chi connectivity index (χ0n) is 9.60. The third kappa shape index (κ3) is 2.98. The van der Waals surface area contributed by atoms with E-state index in [1.165, 1.54) is 0 Å². The van der Waals surface area contributed by atoms with Crippen molar-refractivity contribution in [3.8, 4) is 11.5 Å². The number of rotatable bonds is 5. The van der Waals surface area contributed by atoms with Crippen LogP contribution >= 0.6 is 0 Å². The quantitative estimate of drug-likeness (QED) is 0.730. The Morgan fingerprint density at radius 3 is 3.00 bits per heavy atom. The van der Waals surface area contributed by atoms with Crippen LogP contribution in [0.5, 0.6) is 11.5 Å². The molecule has 0 radical (unpaired) electrons.